The Morgan fingerprint density at radius 1 is 1.60 bits per heavy atom. The van der Waals surface area contributed by atoms with E-state index in [1.54, 1.807) is 0 Å². The Hall–Kier alpha value is -0.870. The number of hydrogen-bond donors (Lipinski definition) is 2. The lowest BCUT2D eigenvalue weighted by molar-refractivity contribution is 0.276. The van der Waals surface area contributed by atoms with E-state index in [-0.39, 0.29) is 6.61 Å². The predicted molar refractivity (Wildman–Crippen MR) is 60.5 cm³/mol. The lowest BCUT2D eigenvalue weighted by Gasteiger charge is -2.13. The zero-order valence-electron chi connectivity index (χ0n) is 9.61. The number of aliphatic hydroxyl groups excluding tert-OH is 1. The number of rotatable bonds is 7. The molecule has 0 aliphatic heterocycles. The summed E-state index contributed by atoms with van der Waals surface area (Å²) in [7, 11) is 0. The zero-order chi connectivity index (χ0) is 11.1. The van der Waals surface area contributed by atoms with E-state index in [4.69, 9.17) is 5.11 Å². The first kappa shape index (κ1) is 12.2. The van der Waals surface area contributed by atoms with Gasteiger partial charge in [-0.1, -0.05) is 0 Å². The average Bonchev–Trinajstić information content (AvgIpc) is 2.70. The van der Waals surface area contributed by atoms with Crippen LogP contribution in [0.2, 0.25) is 0 Å². The van der Waals surface area contributed by atoms with Crippen LogP contribution in [-0.4, -0.2) is 27.3 Å². The number of aliphatic hydroxyl groups is 1. The number of aryl methyl sites for hydroxylation is 1. The average molecular weight is 211 g/mol. The lowest BCUT2D eigenvalue weighted by Crippen LogP contribution is -2.27. The van der Waals surface area contributed by atoms with E-state index in [2.05, 4.69) is 28.7 Å². The van der Waals surface area contributed by atoms with Gasteiger partial charge in [-0.3, -0.25) is 0 Å². The fraction of sp³-hybridized carbons (Fsp3) is 0.727. The third-order valence-electron chi connectivity index (χ3n) is 2.55. The van der Waals surface area contributed by atoms with Crippen LogP contribution in [0, 0.1) is 0 Å². The highest BCUT2D eigenvalue weighted by molar-refractivity contribution is 4.91. The van der Waals surface area contributed by atoms with Crippen LogP contribution in [0.25, 0.3) is 0 Å². The fourth-order valence-electron chi connectivity index (χ4n) is 1.56. The van der Waals surface area contributed by atoms with Gasteiger partial charge in [-0.25, -0.2) is 4.98 Å². The second-order valence-corrected chi connectivity index (χ2v) is 3.78. The quantitative estimate of drug-likeness (QED) is 0.711. The van der Waals surface area contributed by atoms with Gasteiger partial charge in [-0.05, 0) is 26.7 Å². The van der Waals surface area contributed by atoms with Crippen molar-refractivity contribution in [2.75, 3.05) is 6.61 Å². The molecule has 2 N–H and O–H groups in total. The van der Waals surface area contributed by atoms with Crippen LogP contribution < -0.4 is 5.32 Å². The molecule has 0 saturated heterocycles. The predicted octanol–water partition coefficient (Wildman–Crippen LogP) is 1.15. The first-order chi connectivity index (χ1) is 7.27. The third kappa shape index (κ3) is 4.01. The SMILES string of the molecule is CCn1ccnc1CNC(C)CCCO. The topological polar surface area (TPSA) is 50.1 Å². The number of aromatic nitrogens is 2. The van der Waals surface area contributed by atoms with Gasteiger partial charge >= 0.3 is 0 Å². The van der Waals surface area contributed by atoms with Crippen LogP contribution in [-0.2, 0) is 13.1 Å². The number of imidazole rings is 1. The molecule has 1 aromatic rings. The first-order valence-electron chi connectivity index (χ1n) is 5.62. The van der Waals surface area contributed by atoms with Gasteiger partial charge in [0.1, 0.15) is 5.82 Å². The molecule has 0 spiro atoms. The second-order valence-electron chi connectivity index (χ2n) is 3.78. The molecule has 15 heavy (non-hydrogen) atoms. The Kier molecular flexibility index (Phi) is 5.36. The fourth-order valence-corrected chi connectivity index (χ4v) is 1.56. The molecule has 0 fully saturated rings. The van der Waals surface area contributed by atoms with E-state index in [0.29, 0.717) is 6.04 Å². The van der Waals surface area contributed by atoms with Gasteiger partial charge in [0.05, 0.1) is 6.54 Å². The van der Waals surface area contributed by atoms with E-state index in [9.17, 15) is 0 Å². The summed E-state index contributed by atoms with van der Waals surface area (Å²) in [6, 6.07) is 0.430. The normalized spacial score (nSPS) is 13.0. The Labute approximate surface area is 91.3 Å². The Balaban J connectivity index is 2.30. The van der Waals surface area contributed by atoms with Crippen molar-refractivity contribution in [1.29, 1.82) is 0 Å². The molecule has 0 aliphatic carbocycles. The molecule has 0 aromatic carbocycles. The van der Waals surface area contributed by atoms with Crippen LogP contribution in [0.5, 0.6) is 0 Å². The van der Waals surface area contributed by atoms with E-state index in [1.807, 2.05) is 12.4 Å². The van der Waals surface area contributed by atoms with Crippen LogP contribution in [0.4, 0.5) is 0 Å². The van der Waals surface area contributed by atoms with Gasteiger partial charge in [0, 0.05) is 31.6 Å². The van der Waals surface area contributed by atoms with Crippen molar-refractivity contribution >= 4 is 0 Å². The molecule has 0 amide bonds. The van der Waals surface area contributed by atoms with Gasteiger partial charge in [-0.15, -0.1) is 0 Å². The van der Waals surface area contributed by atoms with Crippen molar-refractivity contribution in [2.24, 2.45) is 0 Å². The summed E-state index contributed by atoms with van der Waals surface area (Å²) in [5, 5.41) is 12.1. The standard InChI is InChI=1S/C11H21N3O/c1-3-14-7-6-12-11(14)9-13-10(2)5-4-8-15/h6-7,10,13,15H,3-5,8-9H2,1-2H3. The van der Waals surface area contributed by atoms with Gasteiger partial charge in [0.2, 0.25) is 0 Å². The second kappa shape index (κ2) is 6.58. The summed E-state index contributed by atoms with van der Waals surface area (Å²) in [6.07, 6.45) is 5.69. The smallest absolute Gasteiger partial charge is 0.122 e. The molecule has 0 radical (unpaired) electrons. The van der Waals surface area contributed by atoms with Crippen molar-refractivity contribution in [3.8, 4) is 0 Å². The maximum atomic E-state index is 8.71. The number of hydrogen-bond acceptors (Lipinski definition) is 3. The van der Waals surface area contributed by atoms with Crippen molar-refractivity contribution < 1.29 is 5.11 Å². The Morgan fingerprint density at radius 2 is 2.40 bits per heavy atom. The number of nitrogens with zero attached hydrogens (tertiary/aromatic N) is 2. The summed E-state index contributed by atoms with van der Waals surface area (Å²) in [5.41, 5.74) is 0. The highest BCUT2D eigenvalue weighted by Crippen LogP contribution is 2.00. The van der Waals surface area contributed by atoms with Crippen molar-refractivity contribution in [2.45, 2.75) is 45.8 Å². The maximum Gasteiger partial charge on any atom is 0.122 e. The largest absolute Gasteiger partial charge is 0.396 e. The summed E-state index contributed by atoms with van der Waals surface area (Å²) in [6.45, 7) is 6.28. The monoisotopic (exact) mass is 211 g/mol. The maximum absolute atomic E-state index is 8.71. The molecule has 0 bridgehead atoms. The summed E-state index contributed by atoms with van der Waals surface area (Å²) >= 11 is 0. The summed E-state index contributed by atoms with van der Waals surface area (Å²) in [5.74, 6) is 1.08. The van der Waals surface area contributed by atoms with Crippen LogP contribution in [0.1, 0.15) is 32.5 Å². The molecule has 4 nitrogen and oxygen atoms in total. The van der Waals surface area contributed by atoms with Crippen molar-refractivity contribution in [3.05, 3.63) is 18.2 Å². The first-order valence-corrected chi connectivity index (χ1v) is 5.62. The molecular formula is C11H21N3O. The molecule has 0 saturated carbocycles. The summed E-state index contributed by atoms with van der Waals surface area (Å²) in [4.78, 5) is 4.29. The lowest BCUT2D eigenvalue weighted by atomic mass is 10.2. The third-order valence-corrected chi connectivity index (χ3v) is 2.55. The molecule has 1 rings (SSSR count). The number of nitrogens with one attached hydrogen (secondary N) is 1. The van der Waals surface area contributed by atoms with Gasteiger partial charge in [0.15, 0.2) is 0 Å². The van der Waals surface area contributed by atoms with E-state index in [0.717, 1.165) is 31.8 Å². The molecular weight excluding hydrogens is 190 g/mol. The highest BCUT2D eigenvalue weighted by Gasteiger charge is 2.04. The van der Waals surface area contributed by atoms with Gasteiger partial charge < -0.3 is 15.0 Å². The van der Waals surface area contributed by atoms with Crippen LogP contribution >= 0.6 is 0 Å². The minimum atomic E-state index is 0.273. The molecule has 86 valence electrons. The zero-order valence-corrected chi connectivity index (χ0v) is 9.61. The van der Waals surface area contributed by atoms with E-state index in [1.165, 1.54) is 0 Å². The van der Waals surface area contributed by atoms with Crippen molar-refractivity contribution in [1.82, 2.24) is 14.9 Å². The van der Waals surface area contributed by atoms with Gasteiger partial charge in [0.25, 0.3) is 0 Å². The Bertz CT molecular complexity index is 273. The molecule has 1 heterocycles. The molecule has 1 atom stereocenters. The minimum absolute atomic E-state index is 0.273. The summed E-state index contributed by atoms with van der Waals surface area (Å²) < 4.78 is 2.13. The van der Waals surface area contributed by atoms with Crippen LogP contribution in [0.3, 0.4) is 0 Å². The molecule has 1 unspecified atom stereocenters. The van der Waals surface area contributed by atoms with E-state index >= 15 is 0 Å². The van der Waals surface area contributed by atoms with Gasteiger partial charge in [-0.2, -0.15) is 0 Å². The Morgan fingerprint density at radius 3 is 3.07 bits per heavy atom. The molecule has 0 aliphatic rings. The van der Waals surface area contributed by atoms with Crippen molar-refractivity contribution in [3.63, 3.8) is 0 Å². The molecule has 1 aromatic heterocycles. The minimum Gasteiger partial charge on any atom is -0.396 e. The highest BCUT2D eigenvalue weighted by atomic mass is 16.2. The van der Waals surface area contributed by atoms with Crippen LogP contribution in [0.15, 0.2) is 12.4 Å². The molecule has 4 heteroatoms. The van der Waals surface area contributed by atoms with E-state index < -0.39 is 0 Å².